The number of carbonyl (C=O) groups is 1. The molecular formula is C18H22N8O2. The second-order valence-corrected chi connectivity index (χ2v) is 6.69. The number of carbonyl (C=O) groups excluding carboxylic acids is 1. The number of ether oxygens (including phenoxy) is 1. The zero-order valence-electron chi connectivity index (χ0n) is 15.8. The maximum atomic E-state index is 12.5. The van der Waals surface area contributed by atoms with Crippen molar-refractivity contribution in [2.75, 3.05) is 31.6 Å². The van der Waals surface area contributed by atoms with E-state index in [1.807, 2.05) is 18.2 Å². The van der Waals surface area contributed by atoms with E-state index in [9.17, 15) is 4.79 Å². The minimum atomic E-state index is -0.294. The van der Waals surface area contributed by atoms with Crippen molar-refractivity contribution in [3.05, 3.63) is 42.2 Å². The number of hydrogen-bond acceptors (Lipinski definition) is 7. The van der Waals surface area contributed by atoms with Gasteiger partial charge in [0.05, 0.1) is 12.8 Å². The highest BCUT2D eigenvalue weighted by Crippen LogP contribution is 2.31. The molecule has 1 fully saturated rings. The molecule has 1 aliphatic rings. The molecule has 0 saturated carbocycles. The van der Waals surface area contributed by atoms with Gasteiger partial charge in [0.1, 0.15) is 17.9 Å². The predicted octanol–water partition coefficient (Wildman–Crippen LogP) is 0.959. The van der Waals surface area contributed by atoms with Crippen LogP contribution in [0.5, 0.6) is 5.75 Å². The third-order valence-electron chi connectivity index (χ3n) is 4.84. The van der Waals surface area contributed by atoms with Crippen LogP contribution in [0.15, 0.2) is 30.6 Å². The first-order valence-corrected chi connectivity index (χ1v) is 9.11. The Morgan fingerprint density at radius 2 is 2.25 bits per heavy atom. The molecule has 1 saturated heterocycles. The van der Waals surface area contributed by atoms with Crippen molar-refractivity contribution in [1.82, 2.24) is 35.3 Å². The number of aromatic amines is 1. The number of nitrogens with zero attached hydrogens (tertiary/aromatic N) is 6. The van der Waals surface area contributed by atoms with Crippen molar-refractivity contribution in [3.63, 3.8) is 0 Å². The highest BCUT2D eigenvalue weighted by molar-refractivity contribution is 5.90. The molecule has 0 bridgehead atoms. The van der Waals surface area contributed by atoms with E-state index in [0.717, 1.165) is 30.9 Å². The summed E-state index contributed by atoms with van der Waals surface area (Å²) in [6.45, 7) is 4.12. The van der Waals surface area contributed by atoms with Crippen molar-refractivity contribution < 1.29 is 9.53 Å². The Kier molecular flexibility index (Phi) is 4.92. The number of amides is 1. The van der Waals surface area contributed by atoms with Crippen molar-refractivity contribution in [3.8, 4) is 11.7 Å². The summed E-state index contributed by atoms with van der Waals surface area (Å²) in [5, 5.41) is 13.7. The molecule has 1 aromatic carbocycles. The number of methoxy groups -OCH3 is 1. The Bertz CT molecular complexity index is 952. The smallest absolute Gasteiger partial charge is 0.290 e. The summed E-state index contributed by atoms with van der Waals surface area (Å²) in [6, 6.07) is 7.99. The quantitative estimate of drug-likeness (QED) is 0.653. The molecule has 0 radical (unpaired) electrons. The molecule has 2 N–H and O–H groups in total. The maximum absolute atomic E-state index is 12.5. The normalized spacial score (nSPS) is 16.4. The minimum Gasteiger partial charge on any atom is -0.495 e. The first-order chi connectivity index (χ1) is 13.7. The summed E-state index contributed by atoms with van der Waals surface area (Å²) in [6.07, 6.45) is 2.38. The van der Waals surface area contributed by atoms with Gasteiger partial charge in [0.2, 0.25) is 11.8 Å². The van der Waals surface area contributed by atoms with Crippen molar-refractivity contribution >= 4 is 11.6 Å². The predicted molar refractivity (Wildman–Crippen MR) is 102 cm³/mol. The van der Waals surface area contributed by atoms with E-state index in [4.69, 9.17) is 4.74 Å². The first-order valence-electron chi connectivity index (χ1n) is 9.11. The molecule has 1 aliphatic heterocycles. The van der Waals surface area contributed by atoms with E-state index < -0.39 is 0 Å². The van der Waals surface area contributed by atoms with Gasteiger partial charge in [-0.2, -0.15) is 14.8 Å². The lowest BCUT2D eigenvalue weighted by Gasteiger charge is -2.21. The van der Waals surface area contributed by atoms with Crippen LogP contribution in [0.3, 0.4) is 0 Å². The van der Waals surface area contributed by atoms with Crippen molar-refractivity contribution in [2.24, 2.45) is 5.92 Å². The average Bonchev–Trinajstić information content (AvgIpc) is 3.46. The van der Waals surface area contributed by atoms with Crippen LogP contribution in [0.1, 0.15) is 22.9 Å². The third-order valence-corrected chi connectivity index (χ3v) is 4.84. The molecule has 1 amide bonds. The van der Waals surface area contributed by atoms with E-state index in [1.165, 1.54) is 11.0 Å². The van der Waals surface area contributed by atoms with Crippen LogP contribution in [-0.4, -0.2) is 62.6 Å². The van der Waals surface area contributed by atoms with E-state index in [0.29, 0.717) is 24.2 Å². The Labute approximate surface area is 161 Å². The van der Waals surface area contributed by atoms with E-state index in [2.05, 4.69) is 41.5 Å². The Morgan fingerprint density at radius 3 is 3.04 bits per heavy atom. The molecule has 2 aromatic heterocycles. The molecule has 146 valence electrons. The van der Waals surface area contributed by atoms with E-state index in [-0.39, 0.29) is 11.7 Å². The molecule has 3 aromatic rings. The fraction of sp³-hybridized carbons (Fsp3) is 0.389. The van der Waals surface area contributed by atoms with Crippen LogP contribution in [0.2, 0.25) is 0 Å². The number of nitrogens with one attached hydrogen (secondary N) is 2. The van der Waals surface area contributed by atoms with Gasteiger partial charge in [-0.15, -0.1) is 5.10 Å². The molecule has 0 aliphatic carbocycles. The van der Waals surface area contributed by atoms with Gasteiger partial charge in [0, 0.05) is 19.6 Å². The molecular weight excluding hydrogens is 360 g/mol. The molecule has 10 nitrogen and oxygen atoms in total. The summed E-state index contributed by atoms with van der Waals surface area (Å²) >= 11 is 0. The highest BCUT2D eigenvalue weighted by Gasteiger charge is 2.25. The molecule has 1 atom stereocenters. The van der Waals surface area contributed by atoms with Gasteiger partial charge in [-0.3, -0.25) is 4.79 Å². The third kappa shape index (κ3) is 3.53. The Hall–Kier alpha value is -3.43. The van der Waals surface area contributed by atoms with E-state index in [1.54, 1.807) is 14.0 Å². The zero-order chi connectivity index (χ0) is 19.5. The number of rotatable bonds is 6. The van der Waals surface area contributed by atoms with E-state index >= 15 is 0 Å². The van der Waals surface area contributed by atoms with Gasteiger partial charge in [0.25, 0.3) is 5.91 Å². The van der Waals surface area contributed by atoms with Crippen LogP contribution in [-0.2, 0) is 0 Å². The number of aromatic nitrogens is 6. The average molecular weight is 382 g/mol. The number of aryl methyl sites for hydroxylation is 1. The molecule has 1 unspecified atom stereocenters. The van der Waals surface area contributed by atoms with Crippen molar-refractivity contribution in [2.45, 2.75) is 13.3 Å². The van der Waals surface area contributed by atoms with Gasteiger partial charge < -0.3 is 15.0 Å². The van der Waals surface area contributed by atoms with Gasteiger partial charge in [-0.05, 0) is 31.4 Å². The SMILES string of the molecule is COc1ccccc1N1CCC(CNC(=O)c2nc(C)n(-c3ncn[nH]3)n2)C1. The van der Waals surface area contributed by atoms with Gasteiger partial charge >= 0.3 is 0 Å². The number of anilines is 1. The van der Waals surface area contributed by atoms with Crippen molar-refractivity contribution in [1.29, 1.82) is 0 Å². The molecule has 0 spiro atoms. The fourth-order valence-corrected chi connectivity index (χ4v) is 3.41. The van der Waals surface area contributed by atoms with Gasteiger partial charge in [0.15, 0.2) is 0 Å². The number of H-pyrrole nitrogens is 1. The van der Waals surface area contributed by atoms with Crippen LogP contribution in [0.4, 0.5) is 5.69 Å². The zero-order valence-corrected chi connectivity index (χ0v) is 15.8. The van der Waals surface area contributed by atoms with Crippen LogP contribution >= 0.6 is 0 Å². The highest BCUT2D eigenvalue weighted by atomic mass is 16.5. The summed E-state index contributed by atoms with van der Waals surface area (Å²) in [7, 11) is 1.68. The summed E-state index contributed by atoms with van der Waals surface area (Å²) in [5.41, 5.74) is 1.09. The minimum absolute atomic E-state index is 0.119. The lowest BCUT2D eigenvalue weighted by molar-refractivity contribution is 0.0938. The molecule has 4 rings (SSSR count). The molecule has 28 heavy (non-hydrogen) atoms. The Balaban J connectivity index is 1.35. The summed E-state index contributed by atoms with van der Waals surface area (Å²) in [5.74, 6) is 2.03. The molecule has 10 heteroatoms. The van der Waals surface area contributed by atoms with Crippen LogP contribution in [0.25, 0.3) is 5.95 Å². The van der Waals surface area contributed by atoms with Gasteiger partial charge in [-0.25, -0.2) is 10.1 Å². The molecule has 3 heterocycles. The first kappa shape index (κ1) is 18.0. The number of para-hydroxylation sites is 2. The maximum Gasteiger partial charge on any atom is 0.290 e. The largest absolute Gasteiger partial charge is 0.495 e. The summed E-state index contributed by atoms with van der Waals surface area (Å²) in [4.78, 5) is 23.0. The van der Waals surface area contributed by atoms with Gasteiger partial charge in [-0.1, -0.05) is 12.1 Å². The lowest BCUT2D eigenvalue weighted by atomic mass is 10.1. The summed E-state index contributed by atoms with van der Waals surface area (Å²) < 4.78 is 6.91. The fourth-order valence-electron chi connectivity index (χ4n) is 3.41. The van der Waals surface area contributed by atoms with Crippen LogP contribution < -0.4 is 15.0 Å². The van der Waals surface area contributed by atoms with Crippen LogP contribution in [0, 0.1) is 12.8 Å². The monoisotopic (exact) mass is 382 g/mol. The number of hydrogen-bond donors (Lipinski definition) is 2. The second kappa shape index (κ2) is 7.67. The number of benzene rings is 1. The lowest BCUT2D eigenvalue weighted by Crippen LogP contribution is -2.31. The second-order valence-electron chi connectivity index (χ2n) is 6.69. The Morgan fingerprint density at radius 1 is 1.39 bits per heavy atom. The standard InChI is InChI=1S/C18H22N8O2/c1-12-22-16(24-26(12)18-20-11-21-23-18)17(27)19-9-13-7-8-25(10-13)14-5-3-4-6-15(14)28-2/h3-6,11,13H,7-10H2,1-2H3,(H,19,27)(H,20,21,23). The topological polar surface area (TPSA) is 114 Å².